The van der Waals surface area contributed by atoms with Gasteiger partial charge in [-0.1, -0.05) is 182 Å². The van der Waals surface area contributed by atoms with Gasteiger partial charge in [0.2, 0.25) is 0 Å². The van der Waals surface area contributed by atoms with Crippen LogP contribution in [0.15, 0.2) is 35.3 Å². The van der Waals surface area contributed by atoms with Crippen LogP contribution >= 0.6 is 0 Å². The van der Waals surface area contributed by atoms with Crippen molar-refractivity contribution in [2.75, 3.05) is 93.1 Å². The summed E-state index contributed by atoms with van der Waals surface area (Å²) in [5.74, 6) is 0. The van der Waals surface area contributed by atoms with E-state index < -0.39 is 0 Å². The van der Waals surface area contributed by atoms with Gasteiger partial charge in [-0.2, -0.15) is 0 Å². The topological polar surface area (TPSA) is 37.4 Å². The quantitative estimate of drug-likeness (QED) is 0.148. The van der Waals surface area contributed by atoms with Crippen LogP contribution in [0.3, 0.4) is 0 Å². The van der Waals surface area contributed by atoms with Crippen molar-refractivity contribution >= 4 is 6.34 Å². The third-order valence-electron chi connectivity index (χ3n) is 11.7. The molecular formula is C61H126N6. The minimum atomic E-state index is 0.454. The predicted molar refractivity (Wildman–Crippen MR) is 309 cm³/mol. The highest BCUT2D eigenvalue weighted by Gasteiger charge is 2.16. The summed E-state index contributed by atoms with van der Waals surface area (Å²) in [6.45, 7) is 59.1. The van der Waals surface area contributed by atoms with Crippen molar-refractivity contribution in [3.8, 4) is 0 Å². The summed E-state index contributed by atoms with van der Waals surface area (Å²) >= 11 is 0. The van der Waals surface area contributed by atoms with E-state index >= 15 is 0 Å². The van der Waals surface area contributed by atoms with Crippen LogP contribution in [0, 0.1) is 32.5 Å². The smallest absolute Gasteiger partial charge is 0.0851 e. The Kier molecular flexibility index (Phi) is 39.8. The molecule has 1 aromatic rings. The molecule has 1 fully saturated rings. The predicted octanol–water partition coefficient (Wildman–Crippen LogP) is 16.3. The van der Waals surface area contributed by atoms with E-state index in [1.807, 2.05) is 6.34 Å². The summed E-state index contributed by atoms with van der Waals surface area (Å²) < 4.78 is 0. The van der Waals surface area contributed by atoms with Crippen molar-refractivity contribution in [1.29, 1.82) is 0 Å². The average Bonchev–Trinajstić information content (AvgIpc) is 3.70. The van der Waals surface area contributed by atoms with Crippen molar-refractivity contribution in [3.05, 3.63) is 35.9 Å². The molecular weight excluding hydrogens is 817 g/mol. The maximum Gasteiger partial charge on any atom is 0.0851 e. The molecule has 0 aromatic heterocycles. The number of likely N-dealkylation sites (N-methyl/N-ethyl adjacent to an activating group) is 1. The Hall–Kier alpha value is -1.47. The van der Waals surface area contributed by atoms with Crippen LogP contribution in [-0.4, -0.2) is 119 Å². The first-order valence-electron chi connectivity index (χ1n) is 27.7. The fourth-order valence-electron chi connectivity index (χ4n) is 7.15. The zero-order chi connectivity index (χ0) is 52.2. The van der Waals surface area contributed by atoms with Gasteiger partial charge in [0.05, 0.1) is 12.9 Å². The summed E-state index contributed by atoms with van der Waals surface area (Å²) in [5, 5.41) is 3.41. The van der Waals surface area contributed by atoms with Gasteiger partial charge in [-0.05, 0) is 162 Å². The molecule has 1 aromatic carbocycles. The second-order valence-electron chi connectivity index (χ2n) is 27.6. The van der Waals surface area contributed by atoms with Gasteiger partial charge in [0.15, 0.2) is 0 Å². The molecule has 67 heavy (non-hydrogen) atoms. The molecule has 1 saturated heterocycles. The minimum absolute atomic E-state index is 0.454. The maximum absolute atomic E-state index is 4.18. The maximum atomic E-state index is 4.18. The van der Waals surface area contributed by atoms with Gasteiger partial charge in [-0.3, -0.25) is 4.99 Å². The highest BCUT2D eigenvalue weighted by Crippen LogP contribution is 2.24. The van der Waals surface area contributed by atoms with Gasteiger partial charge in [-0.15, -0.1) is 0 Å². The van der Waals surface area contributed by atoms with Crippen molar-refractivity contribution in [3.63, 3.8) is 0 Å². The lowest BCUT2D eigenvalue weighted by Crippen LogP contribution is -2.44. The number of benzene rings is 1. The molecule has 1 N–H and O–H groups in total. The third kappa shape index (κ3) is 62.5. The summed E-state index contributed by atoms with van der Waals surface area (Å²) in [6.07, 6.45) is 20.3. The van der Waals surface area contributed by atoms with E-state index in [0.717, 1.165) is 13.1 Å². The van der Waals surface area contributed by atoms with E-state index in [1.54, 1.807) is 0 Å². The van der Waals surface area contributed by atoms with E-state index in [-0.39, 0.29) is 0 Å². The summed E-state index contributed by atoms with van der Waals surface area (Å²) in [4.78, 5) is 13.8. The number of aliphatic imine (C=N–C) groups is 1. The van der Waals surface area contributed by atoms with Crippen molar-refractivity contribution < 1.29 is 0 Å². The van der Waals surface area contributed by atoms with Crippen LogP contribution in [0.25, 0.3) is 0 Å². The zero-order valence-corrected chi connectivity index (χ0v) is 50.4. The fraction of sp³-hybridized carbons (Fsp3) is 0.885. The highest BCUT2D eigenvalue weighted by atomic mass is 15.2. The Labute approximate surface area is 424 Å². The summed E-state index contributed by atoms with van der Waals surface area (Å²) in [7, 11) is 6.47. The average molecular weight is 944 g/mol. The lowest BCUT2D eigenvalue weighted by Gasteiger charge is -2.32. The number of unbranched alkanes of at least 4 members (excludes halogenated alkanes) is 1. The van der Waals surface area contributed by atoms with Crippen LogP contribution in [0.4, 0.5) is 0 Å². The molecule has 400 valence electrons. The molecule has 0 spiro atoms. The Morgan fingerprint density at radius 3 is 1.36 bits per heavy atom. The Balaban J connectivity index is -0.000000740. The molecule has 2 heterocycles. The molecule has 0 unspecified atom stereocenters. The van der Waals surface area contributed by atoms with Gasteiger partial charge >= 0.3 is 0 Å². The Bertz CT molecular complexity index is 1220. The molecule has 6 heteroatoms. The molecule has 0 aliphatic carbocycles. The van der Waals surface area contributed by atoms with E-state index in [1.165, 1.54) is 154 Å². The monoisotopic (exact) mass is 943 g/mol. The van der Waals surface area contributed by atoms with Crippen molar-refractivity contribution in [2.45, 2.75) is 228 Å². The van der Waals surface area contributed by atoms with E-state index in [9.17, 15) is 0 Å². The van der Waals surface area contributed by atoms with Gasteiger partial charge in [0.25, 0.3) is 0 Å². The number of piperazine rings is 1. The van der Waals surface area contributed by atoms with Gasteiger partial charge in [0, 0.05) is 39.3 Å². The Morgan fingerprint density at radius 1 is 0.507 bits per heavy atom. The molecule has 0 saturated carbocycles. The van der Waals surface area contributed by atoms with E-state index in [0.29, 0.717) is 32.5 Å². The first-order chi connectivity index (χ1) is 30.7. The SMILES string of the molecule is CC(C)(C)CCCN1C=NCC1.CC(C)(C)CCc1ccccc1.CCCCC(C)(C)C.CCCNCCCC(C)(C)C.CN(C)CCCC(C)(C)C.CN1CCN(CCCC(C)(C)C)CC1. The number of nitrogens with one attached hydrogen (secondary N) is 1. The Morgan fingerprint density at radius 2 is 0.955 bits per heavy atom. The number of aryl methyl sites for hydroxylation is 1. The van der Waals surface area contributed by atoms with Crippen LogP contribution in [0.5, 0.6) is 0 Å². The first-order valence-corrected chi connectivity index (χ1v) is 27.7. The first kappa shape index (κ1) is 69.8. The van der Waals surface area contributed by atoms with Crippen molar-refractivity contribution in [1.82, 2.24) is 24.9 Å². The van der Waals surface area contributed by atoms with Gasteiger partial charge < -0.3 is 24.9 Å². The third-order valence-corrected chi connectivity index (χ3v) is 11.7. The van der Waals surface area contributed by atoms with Crippen molar-refractivity contribution in [2.24, 2.45) is 37.5 Å². The summed E-state index contributed by atoms with van der Waals surface area (Å²) in [5.41, 5.74) is 4.46. The van der Waals surface area contributed by atoms with Crippen LogP contribution in [0.1, 0.15) is 228 Å². The highest BCUT2D eigenvalue weighted by molar-refractivity contribution is 5.56. The fourth-order valence-corrected chi connectivity index (χ4v) is 7.15. The second-order valence-corrected chi connectivity index (χ2v) is 27.6. The zero-order valence-electron chi connectivity index (χ0n) is 50.4. The van der Waals surface area contributed by atoms with E-state index in [4.69, 9.17) is 0 Å². The molecule has 3 rings (SSSR count). The largest absolute Gasteiger partial charge is 0.361 e. The standard InChI is InChI=1S/C12H26N2.C12H18.C10H20N2.C10H23N.C9H21N.C8H18/c1-12(2,3)6-5-7-14-10-8-13(4)9-11-14;1-12(2,3)10-9-11-7-5-4-6-8-11;1-10(2,3)5-4-7-12-8-6-11-9-12;1-5-8-11-9-6-7-10(2,3)4;1-9(2,3)7-6-8-10(4)5;1-5-6-7-8(2,3)4/h5-11H2,1-4H3;4-8H,9-10H2,1-3H3;9H,4-8H2,1-3H3;11H,5-9H2,1-4H3;6-8H2,1-5H3;5-7H2,1-4H3. The lowest BCUT2D eigenvalue weighted by molar-refractivity contribution is 0.147. The molecule has 0 radical (unpaired) electrons. The molecule has 2 aliphatic heterocycles. The van der Waals surface area contributed by atoms with Crippen LogP contribution in [-0.2, 0) is 6.42 Å². The summed E-state index contributed by atoms with van der Waals surface area (Å²) in [6, 6.07) is 10.7. The number of rotatable bonds is 18. The molecule has 0 atom stereocenters. The molecule has 2 aliphatic rings. The number of hydrogen-bond acceptors (Lipinski definition) is 6. The molecule has 0 bridgehead atoms. The van der Waals surface area contributed by atoms with Crippen LogP contribution < -0.4 is 5.32 Å². The van der Waals surface area contributed by atoms with Gasteiger partial charge in [0.1, 0.15) is 0 Å². The van der Waals surface area contributed by atoms with Gasteiger partial charge in [-0.25, -0.2) is 0 Å². The second kappa shape index (κ2) is 38.2. The minimum Gasteiger partial charge on any atom is -0.361 e. The van der Waals surface area contributed by atoms with Crippen LogP contribution in [0.2, 0.25) is 0 Å². The number of nitrogens with zero attached hydrogens (tertiary/aromatic N) is 5. The molecule has 0 amide bonds. The normalized spacial score (nSPS) is 15.0. The number of hydrogen-bond donors (Lipinski definition) is 1. The molecule has 6 nitrogen and oxygen atoms in total. The van der Waals surface area contributed by atoms with E-state index in [2.05, 4.69) is 220 Å². The lowest BCUT2D eigenvalue weighted by atomic mass is 9.89.